The van der Waals surface area contributed by atoms with Crippen molar-refractivity contribution in [3.8, 4) is 0 Å². The van der Waals surface area contributed by atoms with Crippen LogP contribution < -0.4 is 0 Å². The molecule has 0 bridgehead atoms. The van der Waals surface area contributed by atoms with Gasteiger partial charge in [0.1, 0.15) is 0 Å². The molecule has 0 atom stereocenters. The van der Waals surface area contributed by atoms with E-state index >= 15 is 0 Å². The van der Waals surface area contributed by atoms with Crippen LogP contribution in [0, 0.1) is 0 Å². The van der Waals surface area contributed by atoms with Crippen LogP contribution in [0.1, 0.15) is 71.1 Å². The van der Waals surface area contributed by atoms with Crippen molar-refractivity contribution in [2.75, 3.05) is 0 Å². The Hall–Kier alpha value is 0.147. The Kier molecular flexibility index (Phi) is 17.5. The number of rotatable bonds is 11. The van der Waals surface area contributed by atoms with Crippen LogP contribution in [0.3, 0.4) is 0 Å². The molecule has 0 nitrogen and oxygen atoms in total. The molecule has 0 aromatic rings. The van der Waals surface area contributed by atoms with Crippen molar-refractivity contribution in [2.24, 2.45) is 0 Å². The second-order valence-corrected chi connectivity index (χ2v) is 8.73. The fourth-order valence-electron chi connectivity index (χ4n) is 2.04. The fourth-order valence-corrected chi connectivity index (χ4v) is 3.15. The lowest BCUT2D eigenvalue weighted by molar-refractivity contribution is 0.562. The summed E-state index contributed by atoms with van der Waals surface area (Å²) in [5, 5.41) is 0. The molecule has 0 aromatic carbocycles. The fraction of sp³-hybridized carbons (Fsp3) is 1.00. The van der Waals surface area contributed by atoms with E-state index in [0.717, 1.165) is 0 Å². The molecule has 0 saturated carbocycles. The van der Waals surface area contributed by atoms with E-state index in [9.17, 15) is 0 Å². The van der Waals surface area contributed by atoms with Crippen LogP contribution in [0.4, 0.5) is 4.70 Å². The largest absolute Gasteiger partial charge is 0.269 e. The van der Waals surface area contributed by atoms with Crippen LogP contribution in [0.2, 0.25) is 19.1 Å². The molecule has 0 heterocycles. The van der Waals surface area contributed by atoms with Crippen molar-refractivity contribution in [1.82, 2.24) is 0 Å². The van der Waals surface area contributed by atoms with E-state index in [2.05, 4.69) is 20.0 Å². The zero-order chi connectivity index (χ0) is 11.4. The van der Waals surface area contributed by atoms with Crippen LogP contribution in [0.25, 0.3) is 0 Å². The number of unbranched alkanes of at least 4 members (excludes halogenated alkanes) is 9. The number of halogens is 1. The standard InChI is InChI=1S/C14H32Si.FH/c1-4-5-6-7-8-9-10-11-12-13-14-15(2)3;/h15H,4-14H2,1-3H3;1H. The SMILES string of the molecule is CCCCCCCCCCCC[SiH](C)C.F. The first-order chi connectivity index (χ1) is 7.27. The summed E-state index contributed by atoms with van der Waals surface area (Å²) in [4.78, 5) is 0. The Labute approximate surface area is 104 Å². The average Bonchev–Trinajstić information content (AvgIpc) is 2.20. The minimum absolute atomic E-state index is 0. The van der Waals surface area contributed by atoms with Gasteiger partial charge in [-0.25, -0.2) is 0 Å². The maximum atomic E-state index is 2.47. The van der Waals surface area contributed by atoms with E-state index in [0.29, 0.717) is 0 Å². The van der Waals surface area contributed by atoms with Gasteiger partial charge < -0.3 is 0 Å². The van der Waals surface area contributed by atoms with Gasteiger partial charge in [-0.1, -0.05) is 90.3 Å². The summed E-state index contributed by atoms with van der Waals surface area (Å²) in [5.74, 6) is 0. The summed E-state index contributed by atoms with van der Waals surface area (Å²) in [6, 6.07) is 1.57. The minimum Gasteiger partial charge on any atom is -0.269 e. The molecule has 100 valence electrons. The topological polar surface area (TPSA) is 0 Å². The van der Waals surface area contributed by atoms with Gasteiger partial charge in [0.25, 0.3) is 0 Å². The van der Waals surface area contributed by atoms with Crippen LogP contribution in [-0.2, 0) is 0 Å². The van der Waals surface area contributed by atoms with Crippen molar-refractivity contribution >= 4 is 8.80 Å². The van der Waals surface area contributed by atoms with Gasteiger partial charge in [0, 0.05) is 8.80 Å². The minimum atomic E-state index is -0.249. The molecule has 0 fully saturated rings. The van der Waals surface area contributed by atoms with Gasteiger partial charge >= 0.3 is 0 Å². The molecule has 0 aliphatic heterocycles. The smallest absolute Gasteiger partial charge is 0.0305 e. The normalized spacial score (nSPS) is 10.5. The van der Waals surface area contributed by atoms with E-state index < -0.39 is 0 Å². The lowest BCUT2D eigenvalue weighted by Gasteiger charge is -2.03. The van der Waals surface area contributed by atoms with Gasteiger partial charge in [-0.05, 0) is 0 Å². The zero-order valence-electron chi connectivity index (χ0n) is 11.8. The van der Waals surface area contributed by atoms with Gasteiger partial charge in [0.15, 0.2) is 0 Å². The molecule has 0 rings (SSSR count). The molecule has 0 aromatic heterocycles. The summed E-state index contributed by atoms with van der Waals surface area (Å²) in [6.45, 7) is 7.22. The summed E-state index contributed by atoms with van der Waals surface area (Å²) in [5.41, 5.74) is 0. The predicted octanol–water partition coefficient (Wildman–Crippen LogP) is 5.55. The third kappa shape index (κ3) is 16.6. The van der Waals surface area contributed by atoms with Gasteiger partial charge in [-0.15, -0.1) is 0 Å². The number of hydrogen-bond acceptors (Lipinski definition) is 0. The molecule has 0 N–H and O–H groups in total. The van der Waals surface area contributed by atoms with E-state index in [-0.39, 0.29) is 13.5 Å². The molecular weight excluding hydrogens is 215 g/mol. The summed E-state index contributed by atoms with van der Waals surface area (Å²) in [6.07, 6.45) is 14.7. The molecule has 0 aliphatic carbocycles. The first-order valence-corrected chi connectivity index (χ1v) is 10.4. The quantitative estimate of drug-likeness (QED) is 0.332. The van der Waals surface area contributed by atoms with Gasteiger partial charge in [0.2, 0.25) is 0 Å². The Morgan fingerprint density at radius 2 is 1.00 bits per heavy atom. The summed E-state index contributed by atoms with van der Waals surface area (Å²) < 4.78 is 0. The second-order valence-electron chi connectivity index (χ2n) is 5.36. The van der Waals surface area contributed by atoms with E-state index in [1.54, 1.807) is 6.04 Å². The molecular formula is C14H33FSi. The molecule has 2 heteroatoms. The zero-order valence-corrected chi connectivity index (χ0v) is 12.9. The van der Waals surface area contributed by atoms with Crippen molar-refractivity contribution in [2.45, 2.75) is 90.3 Å². The highest BCUT2D eigenvalue weighted by Crippen LogP contribution is 2.11. The van der Waals surface area contributed by atoms with Crippen molar-refractivity contribution in [3.63, 3.8) is 0 Å². The Morgan fingerprint density at radius 3 is 1.38 bits per heavy atom. The molecule has 0 amide bonds. The van der Waals surface area contributed by atoms with E-state index in [1.807, 2.05) is 0 Å². The van der Waals surface area contributed by atoms with Gasteiger partial charge in [-0.3, -0.25) is 4.70 Å². The van der Waals surface area contributed by atoms with Gasteiger partial charge in [0.05, 0.1) is 0 Å². The highest BCUT2D eigenvalue weighted by Gasteiger charge is 1.95. The summed E-state index contributed by atoms with van der Waals surface area (Å²) in [7, 11) is -0.249. The monoisotopic (exact) mass is 248 g/mol. The van der Waals surface area contributed by atoms with Crippen molar-refractivity contribution < 1.29 is 4.70 Å². The van der Waals surface area contributed by atoms with Crippen LogP contribution in [0.15, 0.2) is 0 Å². The Morgan fingerprint density at radius 1 is 0.625 bits per heavy atom. The average molecular weight is 249 g/mol. The maximum absolute atomic E-state index is 2.47. The highest BCUT2D eigenvalue weighted by molar-refractivity contribution is 6.55. The molecule has 0 aliphatic rings. The predicted molar refractivity (Wildman–Crippen MR) is 78.0 cm³/mol. The highest BCUT2D eigenvalue weighted by atomic mass is 28.3. The van der Waals surface area contributed by atoms with Crippen LogP contribution >= 0.6 is 0 Å². The molecule has 0 radical (unpaired) electrons. The van der Waals surface area contributed by atoms with Crippen LogP contribution in [-0.4, -0.2) is 8.80 Å². The Balaban J connectivity index is 0. The first kappa shape index (κ1) is 18.5. The summed E-state index contributed by atoms with van der Waals surface area (Å²) >= 11 is 0. The first-order valence-electron chi connectivity index (χ1n) is 7.27. The van der Waals surface area contributed by atoms with Crippen molar-refractivity contribution in [3.05, 3.63) is 0 Å². The molecule has 0 saturated heterocycles. The molecule has 0 spiro atoms. The van der Waals surface area contributed by atoms with E-state index in [1.165, 1.54) is 64.2 Å². The lowest BCUT2D eigenvalue weighted by Crippen LogP contribution is -1.97. The maximum Gasteiger partial charge on any atom is 0.0305 e. The third-order valence-corrected chi connectivity index (χ3v) is 4.70. The second kappa shape index (κ2) is 15.1. The lowest BCUT2D eigenvalue weighted by atomic mass is 10.1. The number of hydrogen-bond donors (Lipinski definition) is 0. The van der Waals surface area contributed by atoms with Crippen LogP contribution in [0.5, 0.6) is 0 Å². The molecule has 0 unspecified atom stereocenters. The Bertz CT molecular complexity index is 115. The van der Waals surface area contributed by atoms with E-state index in [4.69, 9.17) is 0 Å². The molecule has 16 heavy (non-hydrogen) atoms. The third-order valence-electron chi connectivity index (χ3n) is 3.14. The van der Waals surface area contributed by atoms with Gasteiger partial charge in [-0.2, -0.15) is 0 Å². The van der Waals surface area contributed by atoms with Crippen molar-refractivity contribution in [1.29, 1.82) is 0 Å².